The molecule has 1 aliphatic carbocycles. The van der Waals surface area contributed by atoms with Crippen LogP contribution < -0.4 is 5.73 Å². The van der Waals surface area contributed by atoms with Crippen LogP contribution in [0, 0.1) is 0 Å². The maximum atomic E-state index is 12.4. The third-order valence-corrected chi connectivity index (χ3v) is 3.39. The fourth-order valence-electron chi connectivity index (χ4n) is 2.39. The molecule has 2 aromatic rings. The molecule has 3 rings (SSSR count). The van der Waals surface area contributed by atoms with Gasteiger partial charge in [0.25, 0.3) is 0 Å². The molecule has 0 unspecified atom stereocenters. The van der Waals surface area contributed by atoms with E-state index >= 15 is 0 Å². The predicted molar refractivity (Wildman–Crippen MR) is 70.1 cm³/mol. The van der Waals surface area contributed by atoms with Gasteiger partial charge in [0.2, 0.25) is 0 Å². The Morgan fingerprint density at radius 1 is 0.895 bits per heavy atom. The molecular weight excluding hydrogens is 242 g/mol. The number of fused-ring (bicyclic) bond motifs is 2. The molecule has 0 amide bonds. The van der Waals surface area contributed by atoms with Crippen LogP contribution in [0.5, 0.6) is 0 Å². The van der Waals surface area contributed by atoms with Crippen molar-refractivity contribution >= 4 is 17.3 Å². The summed E-state index contributed by atoms with van der Waals surface area (Å²) in [5.41, 5.74) is 7.81. The van der Waals surface area contributed by atoms with Gasteiger partial charge in [-0.3, -0.25) is 9.59 Å². The lowest BCUT2D eigenvalue weighted by atomic mass is 9.82. The van der Waals surface area contributed by atoms with Crippen LogP contribution in [0.25, 0.3) is 0 Å². The average Bonchev–Trinajstić information content (AvgIpc) is 2.44. The number of carbonyl (C=O) groups is 2. The highest BCUT2D eigenvalue weighted by atomic mass is 16.3. The first-order valence-corrected chi connectivity index (χ1v) is 5.85. The van der Waals surface area contributed by atoms with Gasteiger partial charge < -0.3 is 10.8 Å². The predicted octanol–water partition coefficient (Wildman–Crippen LogP) is 1.54. The molecule has 19 heavy (non-hydrogen) atoms. The Balaban J connectivity index is 2.33. The molecule has 0 saturated carbocycles. The summed E-state index contributed by atoms with van der Waals surface area (Å²) >= 11 is 0. The molecule has 4 nitrogen and oxygen atoms in total. The van der Waals surface area contributed by atoms with Crippen LogP contribution in [0.2, 0.25) is 0 Å². The maximum Gasteiger partial charge on any atom is 0.196 e. The van der Waals surface area contributed by atoms with Gasteiger partial charge in [0.05, 0.1) is 12.2 Å². The Morgan fingerprint density at radius 2 is 1.53 bits per heavy atom. The van der Waals surface area contributed by atoms with Crippen molar-refractivity contribution in [2.45, 2.75) is 6.61 Å². The Morgan fingerprint density at radius 3 is 2.16 bits per heavy atom. The number of carbonyl (C=O) groups excluding carboxylic acids is 2. The SMILES string of the molecule is Nc1c(CO)ccc2c1C(=O)c1ccccc1C2=O. The molecule has 0 saturated heterocycles. The van der Waals surface area contributed by atoms with Crippen LogP contribution in [-0.4, -0.2) is 16.7 Å². The number of hydrogen-bond acceptors (Lipinski definition) is 4. The number of rotatable bonds is 1. The highest BCUT2D eigenvalue weighted by Gasteiger charge is 2.31. The van der Waals surface area contributed by atoms with Gasteiger partial charge in [-0.25, -0.2) is 0 Å². The summed E-state index contributed by atoms with van der Waals surface area (Å²) in [6.07, 6.45) is 0. The van der Waals surface area contributed by atoms with E-state index in [2.05, 4.69) is 0 Å². The monoisotopic (exact) mass is 253 g/mol. The minimum absolute atomic E-state index is 0.188. The summed E-state index contributed by atoms with van der Waals surface area (Å²) in [6.45, 7) is -0.262. The zero-order valence-corrected chi connectivity index (χ0v) is 10.0. The van der Waals surface area contributed by atoms with Crippen LogP contribution in [0.3, 0.4) is 0 Å². The highest BCUT2D eigenvalue weighted by molar-refractivity contribution is 6.30. The molecule has 2 aromatic carbocycles. The zero-order valence-electron chi connectivity index (χ0n) is 10.0. The fraction of sp³-hybridized carbons (Fsp3) is 0.0667. The molecule has 0 radical (unpaired) electrons. The van der Waals surface area contributed by atoms with E-state index in [1.165, 1.54) is 0 Å². The Hall–Kier alpha value is -2.46. The summed E-state index contributed by atoms with van der Waals surface area (Å²) in [5, 5.41) is 9.19. The summed E-state index contributed by atoms with van der Waals surface area (Å²) in [7, 11) is 0. The van der Waals surface area contributed by atoms with E-state index in [0.717, 1.165) is 0 Å². The summed E-state index contributed by atoms with van der Waals surface area (Å²) in [4.78, 5) is 24.8. The van der Waals surface area contributed by atoms with Crippen molar-refractivity contribution in [3.05, 3.63) is 64.2 Å². The highest BCUT2D eigenvalue weighted by Crippen LogP contribution is 2.32. The van der Waals surface area contributed by atoms with Crippen molar-refractivity contribution in [2.24, 2.45) is 0 Å². The molecule has 0 bridgehead atoms. The first-order chi connectivity index (χ1) is 9.15. The van der Waals surface area contributed by atoms with Gasteiger partial charge in [-0.15, -0.1) is 0 Å². The molecule has 94 valence electrons. The summed E-state index contributed by atoms with van der Waals surface area (Å²) in [5.74, 6) is -0.473. The lowest BCUT2D eigenvalue weighted by molar-refractivity contribution is 0.0979. The van der Waals surface area contributed by atoms with E-state index in [9.17, 15) is 14.7 Å². The molecule has 0 aliphatic heterocycles. The Bertz CT molecular complexity index is 719. The van der Waals surface area contributed by atoms with Crippen molar-refractivity contribution in [1.82, 2.24) is 0 Å². The molecule has 4 heteroatoms. The standard InChI is InChI=1S/C15H11NO3/c16-13-8(7-17)5-6-11-12(13)15(19)10-4-2-1-3-9(10)14(11)18/h1-6,17H,7,16H2. The molecule has 0 aromatic heterocycles. The molecule has 0 atom stereocenters. The number of anilines is 1. The fourth-order valence-corrected chi connectivity index (χ4v) is 2.39. The number of ketones is 2. The van der Waals surface area contributed by atoms with Crippen molar-refractivity contribution in [1.29, 1.82) is 0 Å². The Labute approximate surface area is 109 Å². The minimum atomic E-state index is -0.266. The smallest absolute Gasteiger partial charge is 0.196 e. The maximum absolute atomic E-state index is 12.4. The van der Waals surface area contributed by atoms with Gasteiger partial charge in [-0.2, -0.15) is 0 Å². The lowest BCUT2D eigenvalue weighted by Crippen LogP contribution is -2.23. The number of nitrogens with two attached hydrogens (primary N) is 1. The van der Waals surface area contributed by atoms with Gasteiger partial charge in [0, 0.05) is 27.9 Å². The van der Waals surface area contributed by atoms with Crippen LogP contribution in [0.1, 0.15) is 37.4 Å². The van der Waals surface area contributed by atoms with Crippen LogP contribution in [0.4, 0.5) is 5.69 Å². The van der Waals surface area contributed by atoms with Crippen LogP contribution >= 0.6 is 0 Å². The van der Waals surface area contributed by atoms with E-state index in [0.29, 0.717) is 22.3 Å². The summed E-state index contributed by atoms with van der Waals surface area (Å²) < 4.78 is 0. The normalized spacial score (nSPS) is 13.1. The number of nitrogen functional groups attached to an aromatic ring is 1. The second kappa shape index (κ2) is 4.03. The molecular formula is C15H11NO3. The molecule has 0 heterocycles. The van der Waals surface area contributed by atoms with Crippen LogP contribution in [0.15, 0.2) is 36.4 Å². The number of benzene rings is 2. The minimum Gasteiger partial charge on any atom is -0.398 e. The largest absolute Gasteiger partial charge is 0.398 e. The number of aliphatic hydroxyl groups is 1. The molecule has 3 N–H and O–H groups in total. The molecule has 0 fully saturated rings. The third-order valence-electron chi connectivity index (χ3n) is 3.39. The zero-order chi connectivity index (χ0) is 13.6. The second-order valence-electron chi connectivity index (χ2n) is 4.42. The van der Waals surface area contributed by atoms with E-state index in [-0.39, 0.29) is 29.4 Å². The van der Waals surface area contributed by atoms with E-state index in [4.69, 9.17) is 5.73 Å². The third kappa shape index (κ3) is 1.50. The van der Waals surface area contributed by atoms with Crippen molar-refractivity contribution in [3.8, 4) is 0 Å². The van der Waals surface area contributed by atoms with Crippen LogP contribution in [-0.2, 0) is 6.61 Å². The second-order valence-corrected chi connectivity index (χ2v) is 4.42. The van der Waals surface area contributed by atoms with Gasteiger partial charge >= 0.3 is 0 Å². The lowest BCUT2D eigenvalue weighted by Gasteiger charge is -2.20. The van der Waals surface area contributed by atoms with Gasteiger partial charge in [-0.05, 0) is 6.07 Å². The Kier molecular flexibility index (Phi) is 2.47. The quantitative estimate of drug-likeness (QED) is 0.644. The van der Waals surface area contributed by atoms with Crippen molar-refractivity contribution in [2.75, 3.05) is 5.73 Å². The van der Waals surface area contributed by atoms with Gasteiger partial charge in [0.1, 0.15) is 0 Å². The first kappa shape index (κ1) is 11.6. The van der Waals surface area contributed by atoms with E-state index in [1.54, 1.807) is 36.4 Å². The first-order valence-electron chi connectivity index (χ1n) is 5.85. The van der Waals surface area contributed by atoms with Crippen molar-refractivity contribution in [3.63, 3.8) is 0 Å². The summed E-state index contributed by atoms with van der Waals surface area (Å²) in [6, 6.07) is 9.81. The molecule has 1 aliphatic rings. The molecule has 0 spiro atoms. The van der Waals surface area contributed by atoms with E-state index in [1.807, 2.05) is 0 Å². The topological polar surface area (TPSA) is 80.4 Å². The van der Waals surface area contributed by atoms with E-state index < -0.39 is 0 Å². The number of hydrogen-bond donors (Lipinski definition) is 2. The number of aliphatic hydroxyl groups excluding tert-OH is 1. The van der Waals surface area contributed by atoms with Gasteiger partial charge in [-0.1, -0.05) is 30.3 Å². The van der Waals surface area contributed by atoms with Crippen molar-refractivity contribution < 1.29 is 14.7 Å². The average molecular weight is 253 g/mol. The van der Waals surface area contributed by atoms with Gasteiger partial charge in [0.15, 0.2) is 11.6 Å².